The van der Waals surface area contributed by atoms with Crippen molar-refractivity contribution in [2.75, 3.05) is 13.1 Å². The van der Waals surface area contributed by atoms with Crippen molar-refractivity contribution in [3.63, 3.8) is 0 Å². The summed E-state index contributed by atoms with van der Waals surface area (Å²) in [7, 11) is 0. The molecule has 1 unspecified atom stereocenters. The first-order valence-corrected chi connectivity index (χ1v) is 10.6. The van der Waals surface area contributed by atoms with Gasteiger partial charge in [0.2, 0.25) is 0 Å². The lowest BCUT2D eigenvalue weighted by molar-refractivity contribution is -0.122. The molecule has 3 aliphatic rings. The molecule has 0 fully saturated rings. The molecule has 2 aromatic heterocycles. The van der Waals surface area contributed by atoms with Crippen LogP contribution in [0, 0.1) is 12.8 Å². The van der Waals surface area contributed by atoms with Crippen LogP contribution in [-0.4, -0.2) is 33.3 Å². The Morgan fingerprint density at radius 2 is 2.07 bits per heavy atom. The van der Waals surface area contributed by atoms with E-state index in [1.165, 1.54) is 5.57 Å². The normalized spacial score (nSPS) is 22.0. The Labute approximate surface area is 176 Å². The summed E-state index contributed by atoms with van der Waals surface area (Å²) in [5.74, 6) is 0.248. The van der Waals surface area contributed by atoms with Crippen LogP contribution in [0.3, 0.4) is 0 Å². The van der Waals surface area contributed by atoms with Gasteiger partial charge in [-0.25, -0.2) is 4.98 Å². The number of imidazole rings is 1. The van der Waals surface area contributed by atoms with Gasteiger partial charge in [-0.1, -0.05) is 25.2 Å². The number of allylic oxidation sites excluding steroid dienone is 5. The van der Waals surface area contributed by atoms with Crippen LogP contribution >= 0.6 is 0 Å². The standard InChI is InChI=1S/C25H26N4O/c1-17-3-6-22-7-4-20(19-9-11-26-12-10-19)16-29(22)25(30)13-23(17)21-5-8-24-27-18(2)14-28(24)15-21/h4-9,13-17,26H,3,10-12H2,1-2H3. The van der Waals surface area contributed by atoms with E-state index >= 15 is 0 Å². The maximum Gasteiger partial charge on any atom is 0.255 e. The van der Waals surface area contributed by atoms with Gasteiger partial charge in [0.25, 0.3) is 5.91 Å². The van der Waals surface area contributed by atoms with Gasteiger partial charge in [-0.15, -0.1) is 0 Å². The second kappa shape index (κ2) is 7.58. The average molecular weight is 399 g/mol. The summed E-state index contributed by atoms with van der Waals surface area (Å²) >= 11 is 0. The maximum atomic E-state index is 13.3. The highest BCUT2D eigenvalue weighted by molar-refractivity contribution is 5.98. The minimum absolute atomic E-state index is 0.00101. The van der Waals surface area contributed by atoms with Crippen molar-refractivity contribution in [3.8, 4) is 0 Å². The molecular formula is C25H26N4O. The Morgan fingerprint density at radius 3 is 2.90 bits per heavy atom. The molecule has 0 saturated carbocycles. The van der Waals surface area contributed by atoms with Crippen molar-refractivity contribution in [2.45, 2.75) is 26.7 Å². The summed E-state index contributed by atoms with van der Waals surface area (Å²) in [5.41, 5.74) is 7.43. The molecule has 0 aliphatic carbocycles. The van der Waals surface area contributed by atoms with E-state index in [0.29, 0.717) is 0 Å². The number of aryl methyl sites for hydroxylation is 1. The number of carbonyl (C=O) groups is 1. The van der Waals surface area contributed by atoms with Gasteiger partial charge in [-0.2, -0.15) is 0 Å². The average Bonchev–Trinajstić information content (AvgIpc) is 3.14. The zero-order valence-corrected chi connectivity index (χ0v) is 17.4. The first-order valence-electron chi connectivity index (χ1n) is 10.6. The van der Waals surface area contributed by atoms with E-state index in [9.17, 15) is 4.79 Å². The van der Waals surface area contributed by atoms with Gasteiger partial charge >= 0.3 is 0 Å². The highest BCUT2D eigenvalue weighted by Gasteiger charge is 2.23. The molecule has 5 heterocycles. The second-order valence-corrected chi connectivity index (χ2v) is 8.24. The smallest absolute Gasteiger partial charge is 0.255 e. The Kier molecular flexibility index (Phi) is 4.75. The van der Waals surface area contributed by atoms with Gasteiger partial charge in [0.05, 0.1) is 5.69 Å². The molecule has 5 nitrogen and oxygen atoms in total. The van der Waals surface area contributed by atoms with Gasteiger partial charge in [-0.05, 0) is 72.7 Å². The van der Waals surface area contributed by atoms with E-state index in [4.69, 9.17) is 0 Å². The van der Waals surface area contributed by atoms with Crippen molar-refractivity contribution in [3.05, 3.63) is 89.2 Å². The van der Waals surface area contributed by atoms with Gasteiger partial charge < -0.3 is 9.72 Å². The number of carbonyl (C=O) groups excluding carboxylic acids is 1. The molecule has 3 aliphatic heterocycles. The monoisotopic (exact) mass is 398 g/mol. The molecule has 5 rings (SSSR count). The third kappa shape index (κ3) is 3.46. The number of nitrogens with one attached hydrogen (secondary N) is 1. The quantitative estimate of drug-likeness (QED) is 0.827. The zero-order chi connectivity index (χ0) is 20.7. The Bertz CT molecular complexity index is 1170. The van der Waals surface area contributed by atoms with Crippen LogP contribution < -0.4 is 5.32 Å². The number of amides is 1. The number of aromatic nitrogens is 2. The van der Waals surface area contributed by atoms with E-state index in [2.05, 4.69) is 53.8 Å². The van der Waals surface area contributed by atoms with Crippen LogP contribution in [0.15, 0.2) is 77.9 Å². The zero-order valence-electron chi connectivity index (χ0n) is 17.4. The number of pyridine rings is 1. The van der Waals surface area contributed by atoms with Crippen LogP contribution in [0.25, 0.3) is 11.2 Å². The van der Waals surface area contributed by atoms with Crippen LogP contribution in [0.1, 0.15) is 31.0 Å². The molecule has 1 N–H and O–H groups in total. The SMILES string of the molecule is Cc1cn2cc(C3=CC(=O)N4C=C(C5=CCNCC5)C=CC4=CCC3C)ccc2n1. The molecule has 1 amide bonds. The van der Waals surface area contributed by atoms with E-state index in [-0.39, 0.29) is 11.8 Å². The molecule has 0 saturated heterocycles. The molecule has 2 aromatic rings. The summed E-state index contributed by atoms with van der Waals surface area (Å²) in [4.78, 5) is 19.6. The highest BCUT2D eigenvalue weighted by atomic mass is 16.2. The third-order valence-corrected chi connectivity index (χ3v) is 6.05. The Morgan fingerprint density at radius 1 is 1.17 bits per heavy atom. The number of nitrogens with zero attached hydrogens (tertiary/aromatic N) is 3. The van der Waals surface area contributed by atoms with Crippen molar-refractivity contribution in [1.29, 1.82) is 0 Å². The van der Waals surface area contributed by atoms with Crippen LogP contribution in [-0.2, 0) is 4.79 Å². The minimum Gasteiger partial charge on any atom is -0.313 e. The van der Waals surface area contributed by atoms with Crippen molar-refractivity contribution < 1.29 is 4.79 Å². The molecule has 0 spiro atoms. The predicted molar refractivity (Wildman–Crippen MR) is 119 cm³/mol. The maximum absolute atomic E-state index is 13.3. The fourth-order valence-corrected chi connectivity index (χ4v) is 4.37. The Balaban J connectivity index is 1.51. The lowest BCUT2D eigenvalue weighted by atomic mass is 9.89. The summed E-state index contributed by atoms with van der Waals surface area (Å²) in [6, 6.07) is 4.09. The third-order valence-electron chi connectivity index (χ3n) is 6.05. The van der Waals surface area contributed by atoms with Crippen LogP contribution in [0.4, 0.5) is 0 Å². The molecule has 1 atom stereocenters. The fourth-order valence-electron chi connectivity index (χ4n) is 4.37. The number of fused-ring (bicyclic) bond motifs is 2. The molecule has 0 bridgehead atoms. The van der Waals surface area contributed by atoms with Crippen LogP contribution in [0.5, 0.6) is 0 Å². The number of hydrogen-bond donors (Lipinski definition) is 1. The lowest BCUT2D eigenvalue weighted by Crippen LogP contribution is -2.28. The molecule has 0 aromatic carbocycles. The van der Waals surface area contributed by atoms with Gasteiger partial charge in [0, 0.05) is 36.9 Å². The summed E-state index contributed by atoms with van der Waals surface area (Å²) < 4.78 is 2.04. The minimum atomic E-state index is 0.00101. The highest BCUT2D eigenvalue weighted by Crippen LogP contribution is 2.32. The topological polar surface area (TPSA) is 49.6 Å². The van der Waals surface area contributed by atoms with E-state index in [1.54, 1.807) is 4.90 Å². The van der Waals surface area contributed by atoms with E-state index in [1.807, 2.05) is 35.9 Å². The lowest BCUT2D eigenvalue weighted by Gasteiger charge is -2.28. The summed E-state index contributed by atoms with van der Waals surface area (Å²) in [5, 5.41) is 3.34. The van der Waals surface area contributed by atoms with E-state index < -0.39 is 0 Å². The molecular weight excluding hydrogens is 372 g/mol. The predicted octanol–water partition coefficient (Wildman–Crippen LogP) is 4.15. The number of rotatable bonds is 2. The summed E-state index contributed by atoms with van der Waals surface area (Å²) in [6.07, 6.45) is 18.4. The van der Waals surface area contributed by atoms with Gasteiger partial charge in [0.1, 0.15) is 5.65 Å². The summed E-state index contributed by atoms with van der Waals surface area (Å²) in [6.45, 7) is 6.04. The van der Waals surface area contributed by atoms with E-state index in [0.717, 1.165) is 59.7 Å². The van der Waals surface area contributed by atoms with Crippen molar-refractivity contribution in [2.24, 2.45) is 5.92 Å². The van der Waals surface area contributed by atoms with Gasteiger partial charge in [-0.3, -0.25) is 9.69 Å². The van der Waals surface area contributed by atoms with Gasteiger partial charge in [0.15, 0.2) is 0 Å². The first-order chi connectivity index (χ1) is 14.6. The molecule has 5 heteroatoms. The largest absolute Gasteiger partial charge is 0.313 e. The van der Waals surface area contributed by atoms with Crippen LogP contribution in [0.2, 0.25) is 0 Å². The van der Waals surface area contributed by atoms with Crippen molar-refractivity contribution in [1.82, 2.24) is 19.6 Å². The molecule has 30 heavy (non-hydrogen) atoms. The molecule has 0 radical (unpaired) electrons. The second-order valence-electron chi connectivity index (χ2n) is 8.24. The number of hydrogen-bond acceptors (Lipinski definition) is 3. The Hall–Kier alpha value is -3.18. The van der Waals surface area contributed by atoms with Crippen molar-refractivity contribution >= 4 is 17.1 Å². The fraction of sp³-hybridized carbons (Fsp3) is 0.280. The molecule has 152 valence electrons. The first kappa shape index (κ1) is 18.8.